The molecule has 0 radical (unpaired) electrons. The third kappa shape index (κ3) is 3.95. The van der Waals surface area contributed by atoms with Crippen molar-refractivity contribution in [3.8, 4) is 0 Å². The van der Waals surface area contributed by atoms with Crippen LogP contribution in [0.4, 0.5) is 0 Å². The Morgan fingerprint density at radius 3 is 2.38 bits per heavy atom. The summed E-state index contributed by atoms with van der Waals surface area (Å²) in [5, 5.41) is 3.58. The fourth-order valence-corrected chi connectivity index (χ4v) is 1.79. The molecule has 0 amide bonds. The van der Waals surface area contributed by atoms with E-state index in [2.05, 4.69) is 50.4 Å². The van der Waals surface area contributed by atoms with Gasteiger partial charge in [0.05, 0.1) is 6.61 Å². The van der Waals surface area contributed by atoms with Crippen molar-refractivity contribution in [1.29, 1.82) is 0 Å². The van der Waals surface area contributed by atoms with Gasteiger partial charge in [-0.2, -0.15) is 0 Å². The highest BCUT2D eigenvalue weighted by atomic mass is 16.5. The van der Waals surface area contributed by atoms with E-state index in [1.807, 2.05) is 0 Å². The van der Waals surface area contributed by atoms with E-state index in [0.717, 1.165) is 13.0 Å². The molecule has 0 aliphatic heterocycles. The molecular formula is C14H23NO. The van der Waals surface area contributed by atoms with Crippen molar-refractivity contribution in [2.45, 2.75) is 39.3 Å². The summed E-state index contributed by atoms with van der Waals surface area (Å²) in [5.41, 5.74) is 2.64. The molecule has 16 heavy (non-hydrogen) atoms. The van der Waals surface area contributed by atoms with Gasteiger partial charge in [-0.3, -0.25) is 0 Å². The molecule has 2 heteroatoms. The van der Waals surface area contributed by atoms with E-state index in [9.17, 15) is 0 Å². The summed E-state index contributed by atoms with van der Waals surface area (Å²) in [4.78, 5) is 0. The third-order valence-electron chi connectivity index (χ3n) is 2.92. The van der Waals surface area contributed by atoms with Gasteiger partial charge >= 0.3 is 0 Å². The summed E-state index contributed by atoms with van der Waals surface area (Å²) in [6.45, 7) is 7.26. The first-order valence-corrected chi connectivity index (χ1v) is 5.99. The van der Waals surface area contributed by atoms with Gasteiger partial charge < -0.3 is 10.1 Å². The van der Waals surface area contributed by atoms with Crippen molar-refractivity contribution < 1.29 is 4.74 Å². The van der Waals surface area contributed by atoms with E-state index in [1.165, 1.54) is 11.1 Å². The Balaban J connectivity index is 2.56. The Morgan fingerprint density at radius 2 is 1.88 bits per heavy atom. The molecule has 0 saturated carbocycles. The molecule has 2 nitrogen and oxygen atoms in total. The van der Waals surface area contributed by atoms with E-state index in [0.29, 0.717) is 12.1 Å². The average molecular weight is 221 g/mol. The molecule has 1 aromatic rings. The largest absolute Gasteiger partial charge is 0.383 e. The number of rotatable bonds is 6. The molecule has 2 atom stereocenters. The van der Waals surface area contributed by atoms with Crippen LogP contribution in [0.15, 0.2) is 24.3 Å². The summed E-state index contributed by atoms with van der Waals surface area (Å²) in [6.07, 6.45) is 1.09. The lowest BCUT2D eigenvalue weighted by molar-refractivity contribution is 0.159. The zero-order valence-electron chi connectivity index (χ0n) is 10.8. The van der Waals surface area contributed by atoms with Crippen molar-refractivity contribution in [2.75, 3.05) is 13.7 Å². The molecule has 0 fully saturated rings. The monoisotopic (exact) mass is 221 g/mol. The lowest BCUT2D eigenvalue weighted by Crippen LogP contribution is -2.34. The highest BCUT2D eigenvalue weighted by Gasteiger charge is 2.11. The first-order chi connectivity index (χ1) is 7.67. The van der Waals surface area contributed by atoms with Gasteiger partial charge in [-0.1, -0.05) is 36.8 Å². The van der Waals surface area contributed by atoms with Crippen LogP contribution in [-0.2, 0) is 4.74 Å². The van der Waals surface area contributed by atoms with Gasteiger partial charge in [0.2, 0.25) is 0 Å². The minimum atomic E-state index is 0.376. The zero-order valence-corrected chi connectivity index (χ0v) is 10.8. The maximum atomic E-state index is 5.19. The van der Waals surface area contributed by atoms with Gasteiger partial charge in [-0.25, -0.2) is 0 Å². The quantitative estimate of drug-likeness (QED) is 0.797. The summed E-state index contributed by atoms with van der Waals surface area (Å²) in [5.74, 6) is 0. The van der Waals surface area contributed by atoms with Gasteiger partial charge in [-0.05, 0) is 25.8 Å². The number of hydrogen-bond donors (Lipinski definition) is 1. The average Bonchev–Trinajstić information content (AvgIpc) is 2.29. The van der Waals surface area contributed by atoms with Crippen LogP contribution in [0.2, 0.25) is 0 Å². The van der Waals surface area contributed by atoms with Gasteiger partial charge in [-0.15, -0.1) is 0 Å². The highest BCUT2D eigenvalue weighted by molar-refractivity contribution is 5.23. The molecule has 0 bridgehead atoms. The molecule has 90 valence electrons. The van der Waals surface area contributed by atoms with E-state index in [1.54, 1.807) is 7.11 Å². The number of benzene rings is 1. The Hall–Kier alpha value is -0.860. The van der Waals surface area contributed by atoms with Crippen molar-refractivity contribution in [3.63, 3.8) is 0 Å². The van der Waals surface area contributed by atoms with E-state index in [-0.39, 0.29) is 0 Å². The summed E-state index contributed by atoms with van der Waals surface area (Å²) < 4.78 is 5.19. The first kappa shape index (κ1) is 13.2. The van der Waals surface area contributed by atoms with E-state index in [4.69, 9.17) is 4.74 Å². The molecule has 0 spiro atoms. The molecule has 1 rings (SSSR count). The van der Waals surface area contributed by atoms with Crippen molar-refractivity contribution in [1.82, 2.24) is 5.32 Å². The van der Waals surface area contributed by atoms with Crippen molar-refractivity contribution >= 4 is 0 Å². The minimum Gasteiger partial charge on any atom is -0.383 e. The molecular weight excluding hydrogens is 198 g/mol. The molecule has 0 aliphatic rings. The smallest absolute Gasteiger partial charge is 0.0615 e. The second-order valence-electron chi connectivity index (χ2n) is 4.36. The fraction of sp³-hybridized carbons (Fsp3) is 0.571. The highest BCUT2D eigenvalue weighted by Crippen LogP contribution is 2.14. The Morgan fingerprint density at radius 1 is 1.25 bits per heavy atom. The molecule has 1 N–H and O–H groups in total. The van der Waals surface area contributed by atoms with Crippen molar-refractivity contribution in [2.24, 2.45) is 0 Å². The van der Waals surface area contributed by atoms with Gasteiger partial charge in [0, 0.05) is 19.2 Å². The van der Waals surface area contributed by atoms with Crippen LogP contribution in [0.25, 0.3) is 0 Å². The zero-order chi connectivity index (χ0) is 12.0. The van der Waals surface area contributed by atoms with Crippen LogP contribution < -0.4 is 5.32 Å². The third-order valence-corrected chi connectivity index (χ3v) is 2.92. The fourth-order valence-electron chi connectivity index (χ4n) is 1.79. The molecule has 0 saturated heterocycles. The second kappa shape index (κ2) is 6.66. The SMILES string of the molecule is CCC(COC)N[C@@H](C)c1ccc(C)cc1. The van der Waals surface area contributed by atoms with Crippen LogP contribution in [0.3, 0.4) is 0 Å². The maximum absolute atomic E-state index is 5.19. The number of aryl methyl sites for hydroxylation is 1. The van der Waals surface area contributed by atoms with Gasteiger partial charge in [0.25, 0.3) is 0 Å². The Bertz CT molecular complexity index is 294. The van der Waals surface area contributed by atoms with Gasteiger partial charge in [0.15, 0.2) is 0 Å². The predicted molar refractivity (Wildman–Crippen MR) is 68.7 cm³/mol. The lowest BCUT2D eigenvalue weighted by Gasteiger charge is -2.22. The predicted octanol–water partition coefficient (Wildman–Crippen LogP) is 3.07. The van der Waals surface area contributed by atoms with Crippen LogP contribution in [0, 0.1) is 6.92 Å². The topological polar surface area (TPSA) is 21.3 Å². The molecule has 0 aromatic heterocycles. The Kier molecular flexibility index (Phi) is 5.50. The van der Waals surface area contributed by atoms with Crippen molar-refractivity contribution in [3.05, 3.63) is 35.4 Å². The normalized spacial score (nSPS) is 14.8. The van der Waals surface area contributed by atoms with E-state index < -0.39 is 0 Å². The lowest BCUT2D eigenvalue weighted by atomic mass is 10.1. The first-order valence-electron chi connectivity index (χ1n) is 5.99. The number of methoxy groups -OCH3 is 1. The Labute approximate surface area is 99.0 Å². The van der Waals surface area contributed by atoms with Crippen LogP contribution >= 0.6 is 0 Å². The molecule has 0 heterocycles. The van der Waals surface area contributed by atoms with Crippen LogP contribution in [0.1, 0.15) is 37.4 Å². The summed E-state index contributed by atoms with van der Waals surface area (Å²) in [6, 6.07) is 9.50. The maximum Gasteiger partial charge on any atom is 0.0615 e. The molecule has 1 unspecified atom stereocenters. The molecule has 1 aromatic carbocycles. The van der Waals surface area contributed by atoms with Gasteiger partial charge in [0.1, 0.15) is 0 Å². The van der Waals surface area contributed by atoms with Crippen LogP contribution in [-0.4, -0.2) is 19.8 Å². The standard InChI is InChI=1S/C14H23NO/c1-5-14(10-16-4)15-12(3)13-8-6-11(2)7-9-13/h6-9,12,14-15H,5,10H2,1-4H3/t12-,14?/m0/s1. The minimum absolute atomic E-state index is 0.376. The molecule has 0 aliphatic carbocycles. The van der Waals surface area contributed by atoms with E-state index >= 15 is 0 Å². The second-order valence-corrected chi connectivity index (χ2v) is 4.36. The summed E-state index contributed by atoms with van der Waals surface area (Å²) >= 11 is 0. The van der Waals surface area contributed by atoms with Crippen LogP contribution in [0.5, 0.6) is 0 Å². The number of hydrogen-bond acceptors (Lipinski definition) is 2. The number of nitrogens with one attached hydrogen (secondary N) is 1. The summed E-state index contributed by atoms with van der Waals surface area (Å²) in [7, 11) is 1.75. The number of ether oxygens (including phenoxy) is 1.